The van der Waals surface area contributed by atoms with Gasteiger partial charge < -0.3 is 5.73 Å². The van der Waals surface area contributed by atoms with Gasteiger partial charge in [0.15, 0.2) is 5.17 Å². The summed E-state index contributed by atoms with van der Waals surface area (Å²) in [6, 6.07) is 0. The van der Waals surface area contributed by atoms with Crippen molar-refractivity contribution in [3.8, 4) is 0 Å². The number of hydrogen-bond donors (Lipinski definition) is 2. The van der Waals surface area contributed by atoms with Crippen molar-refractivity contribution in [2.45, 2.75) is 68.7 Å². The minimum atomic E-state index is 0.231. The van der Waals surface area contributed by atoms with Crippen molar-refractivity contribution >= 4 is 16.9 Å². The van der Waals surface area contributed by atoms with Crippen LogP contribution in [0.1, 0.15) is 68.7 Å². The summed E-state index contributed by atoms with van der Waals surface area (Å²) in [6.45, 7) is 21.0. The lowest BCUT2D eigenvalue weighted by atomic mass is 9.58. The van der Waals surface area contributed by atoms with E-state index in [1.165, 1.54) is 18.2 Å². The molecule has 0 aliphatic rings. The Bertz CT molecular complexity index is 324. The van der Waals surface area contributed by atoms with Crippen LogP contribution >= 0.6 is 11.8 Å². The Morgan fingerprint density at radius 2 is 1.50 bits per heavy atom. The average molecular weight is 301 g/mol. The highest BCUT2D eigenvalue weighted by Crippen LogP contribution is 2.50. The fourth-order valence-electron chi connectivity index (χ4n) is 3.51. The van der Waals surface area contributed by atoms with E-state index in [4.69, 9.17) is 11.1 Å². The van der Waals surface area contributed by atoms with Gasteiger partial charge in [0.2, 0.25) is 0 Å². The fourth-order valence-corrected chi connectivity index (χ4v) is 4.74. The highest BCUT2D eigenvalue weighted by molar-refractivity contribution is 8.13. The van der Waals surface area contributed by atoms with Crippen LogP contribution in [0.4, 0.5) is 0 Å². The molecule has 0 aromatic rings. The van der Waals surface area contributed by atoms with E-state index in [0.717, 1.165) is 5.75 Å². The highest BCUT2D eigenvalue weighted by atomic mass is 32.2. The van der Waals surface area contributed by atoms with Crippen molar-refractivity contribution in [1.82, 2.24) is 0 Å². The topological polar surface area (TPSA) is 49.9 Å². The molecule has 2 nitrogen and oxygen atoms in total. The van der Waals surface area contributed by atoms with E-state index in [9.17, 15) is 0 Å². The molecule has 0 saturated heterocycles. The van der Waals surface area contributed by atoms with Crippen molar-refractivity contribution < 1.29 is 0 Å². The first-order valence-electron chi connectivity index (χ1n) is 7.67. The Hall–Kier alpha value is -0.180. The molecule has 120 valence electrons. The Kier molecular flexibility index (Phi) is 6.66. The molecule has 0 heterocycles. The molecule has 0 amide bonds. The molecule has 0 bridgehead atoms. The van der Waals surface area contributed by atoms with Crippen LogP contribution in [0.15, 0.2) is 0 Å². The van der Waals surface area contributed by atoms with Crippen molar-refractivity contribution in [2.75, 3.05) is 5.75 Å². The van der Waals surface area contributed by atoms with Crippen LogP contribution in [0.25, 0.3) is 0 Å². The summed E-state index contributed by atoms with van der Waals surface area (Å²) in [7, 11) is 0. The summed E-state index contributed by atoms with van der Waals surface area (Å²) in [5.74, 6) is 2.08. The zero-order valence-electron chi connectivity index (χ0n) is 15.1. The summed E-state index contributed by atoms with van der Waals surface area (Å²) in [5.41, 5.74) is 6.36. The van der Waals surface area contributed by atoms with Crippen molar-refractivity contribution in [3.05, 3.63) is 0 Å². The quantitative estimate of drug-likeness (QED) is 0.511. The summed E-state index contributed by atoms with van der Waals surface area (Å²) < 4.78 is 0. The smallest absolute Gasteiger partial charge is 0.151 e. The lowest BCUT2D eigenvalue weighted by Gasteiger charge is -2.49. The maximum atomic E-state index is 7.52. The van der Waals surface area contributed by atoms with Crippen molar-refractivity contribution in [3.63, 3.8) is 0 Å². The van der Waals surface area contributed by atoms with E-state index < -0.39 is 0 Å². The summed E-state index contributed by atoms with van der Waals surface area (Å²) >= 11 is 1.50. The Morgan fingerprint density at radius 1 is 1.05 bits per heavy atom. The molecule has 0 unspecified atom stereocenters. The molecule has 0 aromatic heterocycles. The van der Waals surface area contributed by atoms with Crippen molar-refractivity contribution in [1.29, 1.82) is 5.41 Å². The molecular weight excluding hydrogens is 264 g/mol. The molecule has 3 N–H and O–H groups in total. The van der Waals surface area contributed by atoms with Gasteiger partial charge in [0.05, 0.1) is 0 Å². The van der Waals surface area contributed by atoms with Crippen LogP contribution in [0.5, 0.6) is 0 Å². The molecule has 3 heteroatoms. The van der Waals surface area contributed by atoms with Gasteiger partial charge in [-0.3, -0.25) is 5.41 Å². The van der Waals surface area contributed by atoms with E-state index in [2.05, 4.69) is 62.3 Å². The normalized spacial score (nSPS) is 15.5. The number of amidine groups is 1. The minimum absolute atomic E-state index is 0.231. The number of thioether (sulfide) groups is 1. The molecule has 0 radical (unpaired) electrons. The van der Waals surface area contributed by atoms with E-state index in [1.807, 2.05) is 0 Å². The zero-order valence-corrected chi connectivity index (χ0v) is 15.9. The van der Waals surface area contributed by atoms with Gasteiger partial charge in [-0.1, -0.05) is 74.1 Å². The summed E-state index contributed by atoms with van der Waals surface area (Å²) in [5, 5.41) is 7.76. The molecule has 0 aromatic carbocycles. The third-order valence-corrected chi connectivity index (χ3v) is 5.53. The highest BCUT2D eigenvalue weighted by Gasteiger charge is 2.43. The van der Waals surface area contributed by atoms with Gasteiger partial charge in [0.25, 0.3) is 0 Å². The fraction of sp³-hybridized carbons (Fsp3) is 0.941. The van der Waals surface area contributed by atoms with Crippen LogP contribution in [-0.2, 0) is 0 Å². The molecule has 0 fully saturated rings. The van der Waals surface area contributed by atoms with E-state index >= 15 is 0 Å². The molecule has 0 aliphatic heterocycles. The van der Waals surface area contributed by atoms with Crippen molar-refractivity contribution in [2.24, 2.45) is 33.8 Å². The van der Waals surface area contributed by atoms with Gasteiger partial charge >= 0.3 is 0 Å². The number of nitrogens with one attached hydrogen (secondary N) is 1. The molecular formula is C17H36N2S. The molecule has 1 atom stereocenters. The van der Waals surface area contributed by atoms with Gasteiger partial charge in [0, 0.05) is 5.75 Å². The largest absolute Gasteiger partial charge is 0.379 e. The first-order valence-corrected chi connectivity index (χ1v) is 8.65. The van der Waals surface area contributed by atoms with E-state index in [-0.39, 0.29) is 16.0 Å². The van der Waals surface area contributed by atoms with Crippen LogP contribution in [0.3, 0.4) is 0 Å². The van der Waals surface area contributed by atoms with Gasteiger partial charge in [0.1, 0.15) is 0 Å². The van der Waals surface area contributed by atoms with Crippen LogP contribution < -0.4 is 5.73 Å². The lowest BCUT2D eigenvalue weighted by molar-refractivity contribution is 0.0247. The SMILES string of the molecule is CC(C)C(C)(C)[C@H](CSC(=N)N)C(C)(C)CC(C)(C)C. The van der Waals surface area contributed by atoms with Gasteiger partial charge in [-0.05, 0) is 34.5 Å². The monoisotopic (exact) mass is 300 g/mol. The third-order valence-electron chi connectivity index (χ3n) is 4.72. The average Bonchev–Trinajstić information content (AvgIpc) is 2.11. The summed E-state index contributed by atoms with van der Waals surface area (Å²) in [6.07, 6.45) is 1.18. The third kappa shape index (κ3) is 6.07. The molecule has 0 saturated carbocycles. The minimum Gasteiger partial charge on any atom is -0.379 e. The summed E-state index contributed by atoms with van der Waals surface area (Å²) in [4.78, 5) is 0. The van der Waals surface area contributed by atoms with Gasteiger partial charge in [-0.15, -0.1) is 0 Å². The molecule has 0 spiro atoms. The molecule has 0 aliphatic carbocycles. The number of hydrogen-bond acceptors (Lipinski definition) is 2. The van der Waals surface area contributed by atoms with Gasteiger partial charge in [-0.25, -0.2) is 0 Å². The maximum absolute atomic E-state index is 7.52. The second-order valence-electron chi connectivity index (χ2n) is 8.93. The standard InChI is InChI=1S/C17H36N2S/c1-12(2)17(8,9)13(10-20-14(18)19)16(6,7)11-15(3,4)5/h12-13H,10-11H2,1-9H3,(H3,18,19)/t13-/m1/s1. The van der Waals surface area contributed by atoms with Crippen LogP contribution in [0, 0.1) is 33.5 Å². The Morgan fingerprint density at radius 3 is 1.80 bits per heavy atom. The Labute approximate surface area is 131 Å². The first kappa shape index (κ1) is 19.8. The second-order valence-corrected chi connectivity index (χ2v) is 9.99. The molecule has 20 heavy (non-hydrogen) atoms. The predicted octanol–water partition coefficient (Wildman–Crippen LogP) is 5.37. The predicted molar refractivity (Wildman–Crippen MR) is 94.3 cm³/mol. The number of rotatable bonds is 6. The zero-order chi connectivity index (χ0) is 16.4. The first-order chi connectivity index (χ1) is 8.70. The lowest BCUT2D eigenvalue weighted by Crippen LogP contribution is -2.43. The van der Waals surface area contributed by atoms with E-state index in [1.54, 1.807) is 0 Å². The second kappa shape index (κ2) is 6.72. The van der Waals surface area contributed by atoms with Crippen LogP contribution in [-0.4, -0.2) is 10.9 Å². The van der Waals surface area contributed by atoms with Gasteiger partial charge in [-0.2, -0.15) is 0 Å². The van der Waals surface area contributed by atoms with Crippen LogP contribution in [0.2, 0.25) is 0 Å². The Balaban J connectivity index is 5.35. The maximum Gasteiger partial charge on any atom is 0.151 e. The number of nitrogens with two attached hydrogens (primary N) is 1. The molecule has 0 rings (SSSR count). The van der Waals surface area contributed by atoms with E-state index in [0.29, 0.717) is 17.3 Å².